The SMILES string of the molecule is C=Cc1c(/C=C\C)nc(C)n1-c1cc(C)ccc1C. The van der Waals surface area contributed by atoms with Gasteiger partial charge in [-0.25, -0.2) is 4.98 Å². The summed E-state index contributed by atoms with van der Waals surface area (Å²) < 4.78 is 2.17. The molecule has 1 aromatic carbocycles. The van der Waals surface area contributed by atoms with Crippen molar-refractivity contribution in [2.45, 2.75) is 27.7 Å². The van der Waals surface area contributed by atoms with E-state index in [4.69, 9.17) is 0 Å². The summed E-state index contributed by atoms with van der Waals surface area (Å²) in [6, 6.07) is 6.47. The maximum absolute atomic E-state index is 4.62. The van der Waals surface area contributed by atoms with Crippen molar-refractivity contribution in [3.05, 3.63) is 59.2 Å². The van der Waals surface area contributed by atoms with Gasteiger partial charge in [0.15, 0.2) is 0 Å². The number of hydrogen-bond donors (Lipinski definition) is 0. The minimum absolute atomic E-state index is 0.968. The number of nitrogens with zero attached hydrogens (tertiary/aromatic N) is 2. The zero-order valence-electron chi connectivity index (χ0n) is 12.1. The molecule has 0 unspecified atom stereocenters. The van der Waals surface area contributed by atoms with E-state index >= 15 is 0 Å². The lowest BCUT2D eigenvalue weighted by Crippen LogP contribution is -2.02. The molecule has 98 valence electrons. The third-order valence-electron chi connectivity index (χ3n) is 3.23. The molecule has 0 amide bonds. The van der Waals surface area contributed by atoms with Crippen LogP contribution < -0.4 is 0 Å². The normalized spacial score (nSPS) is 11.2. The van der Waals surface area contributed by atoms with Gasteiger partial charge in [-0.15, -0.1) is 0 Å². The summed E-state index contributed by atoms with van der Waals surface area (Å²) in [6.07, 6.45) is 5.89. The van der Waals surface area contributed by atoms with E-state index in [-0.39, 0.29) is 0 Å². The van der Waals surface area contributed by atoms with E-state index < -0.39 is 0 Å². The fraction of sp³-hybridized carbons (Fsp3) is 0.235. The van der Waals surface area contributed by atoms with Gasteiger partial charge in [-0.2, -0.15) is 0 Å². The molecule has 2 nitrogen and oxygen atoms in total. The van der Waals surface area contributed by atoms with E-state index in [9.17, 15) is 0 Å². The lowest BCUT2D eigenvalue weighted by molar-refractivity contribution is 0.954. The van der Waals surface area contributed by atoms with Crippen molar-refractivity contribution < 1.29 is 0 Å². The summed E-state index contributed by atoms with van der Waals surface area (Å²) >= 11 is 0. The summed E-state index contributed by atoms with van der Waals surface area (Å²) in [5.74, 6) is 0.983. The lowest BCUT2D eigenvalue weighted by atomic mass is 10.1. The molecular weight excluding hydrogens is 232 g/mol. The Morgan fingerprint density at radius 2 is 1.95 bits per heavy atom. The van der Waals surface area contributed by atoms with Crippen molar-refractivity contribution in [3.63, 3.8) is 0 Å². The summed E-state index contributed by atoms with van der Waals surface area (Å²) in [5, 5.41) is 0. The maximum Gasteiger partial charge on any atom is 0.111 e. The second-order valence-electron chi connectivity index (χ2n) is 4.76. The fourth-order valence-corrected chi connectivity index (χ4v) is 2.31. The molecule has 0 saturated heterocycles. The van der Waals surface area contributed by atoms with Crippen LogP contribution in [0.3, 0.4) is 0 Å². The Labute approximate surface area is 115 Å². The Morgan fingerprint density at radius 3 is 2.58 bits per heavy atom. The highest BCUT2D eigenvalue weighted by Gasteiger charge is 2.13. The Morgan fingerprint density at radius 1 is 1.21 bits per heavy atom. The number of imidazole rings is 1. The van der Waals surface area contributed by atoms with Crippen LogP contribution in [0.2, 0.25) is 0 Å². The van der Waals surface area contributed by atoms with Crippen molar-refractivity contribution >= 4 is 12.2 Å². The minimum Gasteiger partial charge on any atom is -0.296 e. The first-order chi connectivity index (χ1) is 9.08. The Hall–Kier alpha value is -2.09. The smallest absolute Gasteiger partial charge is 0.111 e. The third kappa shape index (κ3) is 2.39. The van der Waals surface area contributed by atoms with Crippen LogP contribution in [-0.4, -0.2) is 9.55 Å². The highest BCUT2D eigenvalue weighted by molar-refractivity contribution is 5.63. The highest BCUT2D eigenvalue weighted by Crippen LogP contribution is 2.24. The van der Waals surface area contributed by atoms with Crippen LogP contribution in [0.15, 0.2) is 30.9 Å². The van der Waals surface area contributed by atoms with Gasteiger partial charge in [0.25, 0.3) is 0 Å². The molecule has 0 aliphatic rings. The van der Waals surface area contributed by atoms with Crippen LogP contribution in [0.25, 0.3) is 17.8 Å². The molecule has 0 radical (unpaired) electrons. The van der Waals surface area contributed by atoms with Gasteiger partial charge in [0.2, 0.25) is 0 Å². The van der Waals surface area contributed by atoms with E-state index in [1.54, 1.807) is 0 Å². The van der Waals surface area contributed by atoms with Gasteiger partial charge in [-0.05, 0) is 57.0 Å². The third-order valence-corrected chi connectivity index (χ3v) is 3.23. The zero-order valence-corrected chi connectivity index (χ0v) is 12.1. The minimum atomic E-state index is 0.968. The molecule has 0 spiro atoms. The first kappa shape index (κ1) is 13.3. The molecule has 0 atom stereocenters. The van der Waals surface area contributed by atoms with Crippen molar-refractivity contribution in [1.29, 1.82) is 0 Å². The van der Waals surface area contributed by atoms with Crippen LogP contribution in [0.5, 0.6) is 0 Å². The van der Waals surface area contributed by atoms with E-state index in [1.165, 1.54) is 16.8 Å². The topological polar surface area (TPSA) is 17.8 Å². The Balaban J connectivity index is 2.74. The van der Waals surface area contributed by atoms with E-state index in [0.29, 0.717) is 0 Å². The van der Waals surface area contributed by atoms with Crippen molar-refractivity contribution in [2.75, 3.05) is 0 Å². The van der Waals surface area contributed by atoms with Crippen LogP contribution in [0.4, 0.5) is 0 Å². The van der Waals surface area contributed by atoms with Crippen molar-refractivity contribution in [2.24, 2.45) is 0 Å². The molecular formula is C17H20N2. The maximum atomic E-state index is 4.62. The molecule has 2 heteroatoms. The molecule has 19 heavy (non-hydrogen) atoms. The number of allylic oxidation sites excluding steroid dienone is 1. The van der Waals surface area contributed by atoms with Gasteiger partial charge in [0, 0.05) is 0 Å². The molecule has 2 rings (SSSR count). The van der Waals surface area contributed by atoms with Gasteiger partial charge in [0.05, 0.1) is 17.1 Å². The van der Waals surface area contributed by atoms with Crippen LogP contribution in [0, 0.1) is 20.8 Å². The first-order valence-corrected chi connectivity index (χ1v) is 6.50. The Bertz CT molecular complexity index is 646. The van der Waals surface area contributed by atoms with E-state index in [0.717, 1.165) is 17.2 Å². The summed E-state index contributed by atoms with van der Waals surface area (Å²) in [7, 11) is 0. The summed E-state index contributed by atoms with van der Waals surface area (Å²) in [6.45, 7) is 12.2. The van der Waals surface area contributed by atoms with Gasteiger partial charge >= 0.3 is 0 Å². The molecule has 1 aromatic heterocycles. The van der Waals surface area contributed by atoms with Crippen LogP contribution >= 0.6 is 0 Å². The highest BCUT2D eigenvalue weighted by atomic mass is 15.1. The second-order valence-corrected chi connectivity index (χ2v) is 4.76. The second kappa shape index (κ2) is 5.27. The lowest BCUT2D eigenvalue weighted by Gasteiger charge is -2.12. The van der Waals surface area contributed by atoms with Crippen LogP contribution in [-0.2, 0) is 0 Å². The number of hydrogen-bond acceptors (Lipinski definition) is 1. The molecule has 2 aromatic rings. The average Bonchev–Trinajstić information content (AvgIpc) is 2.68. The standard InChI is InChI=1S/C17H20N2/c1-6-8-15-16(7-2)19(14(5)18-15)17-11-12(3)9-10-13(17)4/h6-11H,2H2,1,3-5H3/b8-6-. The number of benzene rings is 1. The van der Waals surface area contributed by atoms with Gasteiger partial charge < -0.3 is 0 Å². The van der Waals surface area contributed by atoms with Crippen LogP contribution in [0.1, 0.15) is 35.3 Å². The molecule has 0 saturated carbocycles. The fourth-order valence-electron chi connectivity index (χ4n) is 2.31. The molecule has 0 aliphatic heterocycles. The van der Waals surface area contributed by atoms with E-state index in [2.05, 4.69) is 48.2 Å². The zero-order chi connectivity index (χ0) is 14.0. The predicted octanol–water partition coefficient (Wildman–Crippen LogP) is 4.47. The molecule has 0 bridgehead atoms. The number of aryl methyl sites for hydroxylation is 3. The Kier molecular flexibility index (Phi) is 3.70. The van der Waals surface area contributed by atoms with Gasteiger partial charge in [-0.1, -0.05) is 24.8 Å². The quantitative estimate of drug-likeness (QED) is 0.788. The summed E-state index contributed by atoms with van der Waals surface area (Å²) in [4.78, 5) is 4.62. The molecule has 1 heterocycles. The van der Waals surface area contributed by atoms with Crippen molar-refractivity contribution in [3.8, 4) is 5.69 Å². The first-order valence-electron chi connectivity index (χ1n) is 6.50. The average molecular weight is 252 g/mol. The predicted molar refractivity (Wildman–Crippen MR) is 82.6 cm³/mol. The van der Waals surface area contributed by atoms with E-state index in [1.807, 2.05) is 32.1 Å². The summed E-state index contributed by atoms with van der Waals surface area (Å²) in [5.41, 5.74) is 5.67. The molecule has 0 aliphatic carbocycles. The van der Waals surface area contributed by atoms with Gasteiger partial charge in [0.1, 0.15) is 5.82 Å². The number of rotatable bonds is 3. The molecule has 0 N–H and O–H groups in total. The van der Waals surface area contributed by atoms with Gasteiger partial charge in [-0.3, -0.25) is 4.57 Å². The molecule has 0 fully saturated rings. The number of aromatic nitrogens is 2. The monoisotopic (exact) mass is 252 g/mol. The largest absolute Gasteiger partial charge is 0.296 e. The van der Waals surface area contributed by atoms with Crippen molar-refractivity contribution in [1.82, 2.24) is 9.55 Å².